The molecule has 124 valence electrons. The van der Waals surface area contributed by atoms with Crippen LogP contribution in [0, 0.1) is 11.8 Å². The van der Waals surface area contributed by atoms with Crippen LogP contribution in [0.3, 0.4) is 0 Å². The van der Waals surface area contributed by atoms with E-state index in [1.54, 1.807) is 0 Å². The van der Waals surface area contributed by atoms with Crippen molar-refractivity contribution in [2.75, 3.05) is 19.8 Å². The van der Waals surface area contributed by atoms with Gasteiger partial charge in [-0.15, -0.1) is 0 Å². The highest BCUT2D eigenvalue weighted by molar-refractivity contribution is 9.10. The molecule has 2 N–H and O–H groups in total. The lowest BCUT2D eigenvalue weighted by Crippen LogP contribution is -2.45. The summed E-state index contributed by atoms with van der Waals surface area (Å²) in [5.41, 5.74) is 1.05. The van der Waals surface area contributed by atoms with E-state index in [4.69, 9.17) is 9.84 Å². The quantitative estimate of drug-likeness (QED) is 0.820. The summed E-state index contributed by atoms with van der Waals surface area (Å²) in [7, 11) is 0. The number of hydrogen-bond donors (Lipinski definition) is 2. The third-order valence-corrected chi connectivity index (χ3v) is 5.48. The SMILES string of the molecule is O=C(O)[C@H]1C[C@@H]1C(=O)NCC1(c2ccc(Br)cc2)CCOCC1. The molecule has 0 spiro atoms. The fourth-order valence-corrected chi connectivity index (χ4v) is 3.54. The van der Waals surface area contributed by atoms with Crippen molar-refractivity contribution in [3.8, 4) is 0 Å². The van der Waals surface area contributed by atoms with Gasteiger partial charge in [0, 0.05) is 29.6 Å². The van der Waals surface area contributed by atoms with Crippen LogP contribution >= 0.6 is 15.9 Å². The number of aliphatic carboxylic acids is 1. The van der Waals surface area contributed by atoms with E-state index in [2.05, 4.69) is 33.4 Å². The summed E-state index contributed by atoms with van der Waals surface area (Å²) in [6.45, 7) is 1.87. The molecule has 0 aromatic heterocycles. The molecule has 1 saturated heterocycles. The van der Waals surface area contributed by atoms with E-state index in [-0.39, 0.29) is 17.2 Å². The Morgan fingerprint density at radius 2 is 1.87 bits per heavy atom. The third kappa shape index (κ3) is 3.58. The molecule has 1 saturated carbocycles. The van der Waals surface area contributed by atoms with E-state index in [9.17, 15) is 9.59 Å². The van der Waals surface area contributed by atoms with Crippen LogP contribution in [0.25, 0.3) is 0 Å². The number of carboxylic acids is 1. The lowest BCUT2D eigenvalue weighted by atomic mass is 9.74. The average Bonchev–Trinajstić information content (AvgIpc) is 3.35. The Kier molecular flexibility index (Phi) is 4.73. The van der Waals surface area contributed by atoms with Crippen molar-refractivity contribution in [2.45, 2.75) is 24.7 Å². The van der Waals surface area contributed by atoms with Gasteiger partial charge in [0.1, 0.15) is 0 Å². The van der Waals surface area contributed by atoms with E-state index >= 15 is 0 Å². The molecule has 1 aromatic carbocycles. The van der Waals surface area contributed by atoms with Crippen molar-refractivity contribution in [1.82, 2.24) is 5.32 Å². The number of amides is 1. The zero-order valence-electron chi connectivity index (χ0n) is 12.8. The van der Waals surface area contributed by atoms with Gasteiger partial charge >= 0.3 is 5.97 Å². The summed E-state index contributed by atoms with van der Waals surface area (Å²) in [4.78, 5) is 23.1. The monoisotopic (exact) mass is 381 g/mol. The Morgan fingerprint density at radius 3 is 2.43 bits per heavy atom. The maximum absolute atomic E-state index is 12.2. The van der Waals surface area contributed by atoms with Gasteiger partial charge in [0.05, 0.1) is 11.8 Å². The normalized spacial score (nSPS) is 25.6. The van der Waals surface area contributed by atoms with Gasteiger partial charge in [-0.1, -0.05) is 28.1 Å². The van der Waals surface area contributed by atoms with Crippen LogP contribution in [-0.4, -0.2) is 36.7 Å². The van der Waals surface area contributed by atoms with Gasteiger partial charge in [-0.3, -0.25) is 9.59 Å². The maximum Gasteiger partial charge on any atom is 0.307 e. The van der Waals surface area contributed by atoms with Crippen molar-refractivity contribution in [3.05, 3.63) is 34.3 Å². The molecule has 3 rings (SSSR count). The predicted molar refractivity (Wildman–Crippen MR) is 88.1 cm³/mol. The minimum absolute atomic E-state index is 0.137. The van der Waals surface area contributed by atoms with E-state index < -0.39 is 11.9 Å². The standard InChI is InChI=1S/C17H20BrNO4/c18-12-3-1-11(2-4-12)17(5-7-23-8-6-17)10-19-15(20)13-9-14(13)16(21)22/h1-4,13-14H,5-10H2,(H,19,20)(H,21,22)/t13-,14-/m0/s1. The summed E-state index contributed by atoms with van der Waals surface area (Å²) in [5.74, 6) is -1.89. The summed E-state index contributed by atoms with van der Waals surface area (Å²) in [6.07, 6.45) is 2.15. The first-order valence-electron chi connectivity index (χ1n) is 7.86. The Hall–Kier alpha value is -1.40. The molecule has 0 bridgehead atoms. The maximum atomic E-state index is 12.2. The summed E-state index contributed by atoms with van der Waals surface area (Å²) >= 11 is 3.45. The molecule has 1 amide bonds. The van der Waals surface area contributed by atoms with Crippen LogP contribution < -0.4 is 5.32 Å². The predicted octanol–water partition coefficient (Wildman–Crippen LogP) is 2.33. The third-order valence-electron chi connectivity index (χ3n) is 4.95. The second kappa shape index (κ2) is 6.61. The van der Waals surface area contributed by atoms with Gasteiger partial charge < -0.3 is 15.2 Å². The number of halogens is 1. The van der Waals surface area contributed by atoms with Gasteiger partial charge in [-0.2, -0.15) is 0 Å². The largest absolute Gasteiger partial charge is 0.481 e. The van der Waals surface area contributed by atoms with Gasteiger partial charge in [0.2, 0.25) is 5.91 Å². The fourth-order valence-electron chi connectivity index (χ4n) is 3.28. The van der Waals surface area contributed by atoms with Crippen molar-refractivity contribution in [2.24, 2.45) is 11.8 Å². The van der Waals surface area contributed by atoms with Gasteiger partial charge in [-0.25, -0.2) is 0 Å². The molecule has 6 heteroatoms. The van der Waals surface area contributed by atoms with Crippen LogP contribution in [0.15, 0.2) is 28.7 Å². The topological polar surface area (TPSA) is 75.6 Å². The molecule has 2 fully saturated rings. The molecular weight excluding hydrogens is 362 g/mol. The number of ether oxygens (including phenoxy) is 1. The molecule has 1 aliphatic carbocycles. The Balaban J connectivity index is 1.69. The van der Waals surface area contributed by atoms with Crippen LogP contribution in [0.1, 0.15) is 24.8 Å². The number of nitrogens with one attached hydrogen (secondary N) is 1. The Bertz CT molecular complexity index is 595. The number of carbonyl (C=O) groups excluding carboxylic acids is 1. The first kappa shape index (κ1) is 16.5. The summed E-state index contributed by atoms with van der Waals surface area (Å²) in [5, 5.41) is 11.9. The van der Waals surface area contributed by atoms with Crippen molar-refractivity contribution in [3.63, 3.8) is 0 Å². The number of rotatable bonds is 5. The molecule has 2 aliphatic rings. The van der Waals surface area contributed by atoms with Gasteiger partial charge in [0.15, 0.2) is 0 Å². The number of hydrogen-bond acceptors (Lipinski definition) is 3. The van der Waals surface area contributed by atoms with E-state index in [1.807, 2.05) is 12.1 Å². The fraction of sp³-hybridized carbons (Fsp3) is 0.529. The van der Waals surface area contributed by atoms with Crippen LogP contribution in [0.2, 0.25) is 0 Å². The highest BCUT2D eigenvalue weighted by atomic mass is 79.9. The second-order valence-electron chi connectivity index (χ2n) is 6.40. The van der Waals surface area contributed by atoms with E-state index in [0.29, 0.717) is 26.2 Å². The molecule has 2 atom stereocenters. The molecule has 23 heavy (non-hydrogen) atoms. The first-order valence-corrected chi connectivity index (χ1v) is 8.65. The van der Waals surface area contributed by atoms with Crippen LogP contribution in [-0.2, 0) is 19.7 Å². The zero-order valence-corrected chi connectivity index (χ0v) is 14.3. The van der Waals surface area contributed by atoms with Crippen LogP contribution in [0.4, 0.5) is 0 Å². The Morgan fingerprint density at radius 1 is 1.22 bits per heavy atom. The second-order valence-corrected chi connectivity index (χ2v) is 7.32. The summed E-state index contributed by atoms with van der Waals surface area (Å²) in [6, 6.07) is 8.18. The smallest absolute Gasteiger partial charge is 0.307 e. The highest BCUT2D eigenvalue weighted by Crippen LogP contribution is 2.39. The van der Waals surface area contributed by atoms with Crippen molar-refractivity contribution < 1.29 is 19.4 Å². The van der Waals surface area contributed by atoms with E-state index in [0.717, 1.165) is 17.3 Å². The summed E-state index contributed by atoms with van der Waals surface area (Å²) < 4.78 is 6.51. The Labute approximate surface area is 143 Å². The number of carbonyl (C=O) groups is 2. The average molecular weight is 382 g/mol. The molecule has 1 aliphatic heterocycles. The lowest BCUT2D eigenvalue weighted by molar-refractivity contribution is -0.140. The van der Waals surface area contributed by atoms with Crippen molar-refractivity contribution in [1.29, 1.82) is 0 Å². The lowest BCUT2D eigenvalue weighted by Gasteiger charge is -2.38. The first-order chi connectivity index (χ1) is 11.0. The zero-order chi connectivity index (χ0) is 16.4. The van der Waals surface area contributed by atoms with E-state index in [1.165, 1.54) is 5.56 Å². The number of benzene rings is 1. The molecule has 5 nitrogen and oxygen atoms in total. The number of carboxylic acid groups (broad SMARTS) is 1. The van der Waals surface area contributed by atoms with Crippen LogP contribution in [0.5, 0.6) is 0 Å². The molecule has 0 unspecified atom stereocenters. The van der Waals surface area contributed by atoms with Crippen molar-refractivity contribution >= 4 is 27.8 Å². The minimum atomic E-state index is -0.876. The molecule has 0 radical (unpaired) electrons. The van der Waals surface area contributed by atoms with Gasteiger partial charge in [-0.05, 0) is 37.0 Å². The van der Waals surface area contributed by atoms with Gasteiger partial charge in [0.25, 0.3) is 0 Å². The molecule has 1 heterocycles. The molecule has 1 aromatic rings. The molecular formula is C17H20BrNO4. The highest BCUT2D eigenvalue weighted by Gasteiger charge is 2.48. The minimum Gasteiger partial charge on any atom is -0.481 e.